The molecule has 3 aromatic rings. The summed E-state index contributed by atoms with van der Waals surface area (Å²) in [5.41, 5.74) is 2.40. The number of carbonyl (C=O) groups is 4. The fourth-order valence-electron chi connectivity index (χ4n) is 3.84. The van der Waals surface area contributed by atoms with Crippen molar-refractivity contribution in [3.8, 4) is 0 Å². The molecule has 172 valence electrons. The molecule has 0 fully saturated rings. The van der Waals surface area contributed by atoms with E-state index in [4.69, 9.17) is 4.74 Å². The van der Waals surface area contributed by atoms with Gasteiger partial charge in [0.1, 0.15) is 0 Å². The van der Waals surface area contributed by atoms with Gasteiger partial charge < -0.3 is 9.64 Å². The summed E-state index contributed by atoms with van der Waals surface area (Å²) in [5, 5.41) is 0. The number of nitrogens with zero attached hydrogens (tertiary/aromatic N) is 2. The Bertz CT molecular complexity index is 1200. The number of ether oxygens (including phenoxy) is 1. The minimum absolute atomic E-state index is 0.104. The second kappa shape index (κ2) is 9.70. The molecule has 3 aromatic carbocycles. The van der Waals surface area contributed by atoms with Gasteiger partial charge in [-0.1, -0.05) is 60.7 Å². The summed E-state index contributed by atoms with van der Waals surface area (Å²) in [7, 11) is 1.39. The predicted molar refractivity (Wildman–Crippen MR) is 125 cm³/mol. The molecule has 0 saturated heterocycles. The fraction of sp³-hybridized carbons (Fsp3) is 0.185. The zero-order chi connectivity index (χ0) is 24.2. The molecule has 0 aromatic heterocycles. The molecular formula is C27H24N2O5. The normalized spacial score (nSPS) is 13.4. The van der Waals surface area contributed by atoms with E-state index in [9.17, 15) is 19.2 Å². The molecule has 34 heavy (non-hydrogen) atoms. The van der Waals surface area contributed by atoms with Crippen LogP contribution in [0.15, 0.2) is 78.9 Å². The van der Waals surface area contributed by atoms with Crippen molar-refractivity contribution in [2.24, 2.45) is 0 Å². The van der Waals surface area contributed by atoms with Gasteiger partial charge in [-0.25, -0.2) is 4.79 Å². The number of fused-ring (bicyclic) bond motifs is 1. The van der Waals surface area contributed by atoms with Crippen LogP contribution in [0, 0.1) is 0 Å². The molecule has 1 aliphatic rings. The summed E-state index contributed by atoms with van der Waals surface area (Å²) in [5.74, 6) is -1.97. The molecule has 0 bridgehead atoms. The van der Waals surface area contributed by atoms with E-state index in [2.05, 4.69) is 0 Å². The zero-order valence-corrected chi connectivity index (χ0v) is 18.9. The molecule has 0 spiro atoms. The van der Waals surface area contributed by atoms with Gasteiger partial charge >= 0.3 is 5.97 Å². The van der Waals surface area contributed by atoms with E-state index in [0.717, 1.165) is 16.0 Å². The average Bonchev–Trinajstić information content (AvgIpc) is 3.07. The third-order valence-corrected chi connectivity index (χ3v) is 5.70. The van der Waals surface area contributed by atoms with Gasteiger partial charge in [0, 0.05) is 20.1 Å². The summed E-state index contributed by atoms with van der Waals surface area (Å²) in [6.07, 6.45) is -1.05. The van der Waals surface area contributed by atoms with E-state index in [0.29, 0.717) is 13.1 Å². The SMILES string of the molecule is CC(OC(=O)c1ccc2c(c1)C(=O)N(C)C2=O)C(=O)N(Cc1ccccc1)Cc1ccccc1. The van der Waals surface area contributed by atoms with Crippen LogP contribution in [0.4, 0.5) is 0 Å². The maximum Gasteiger partial charge on any atom is 0.338 e. The fourth-order valence-corrected chi connectivity index (χ4v) is 3.84. The van der Waals surface area contributed by atoms with E-state index in [-0.39, 0.29) is 22.6 Å². The van der Waals surface area contributed by atoms with Crippen LogP contribution in [-0.4, -0.2) is 46.6 Å². The molecule has 1 unspecified atom stereocenters. The highest BCUT2D eigenvalue weighted by Crippen LogP contribution is 2.23. The topological polar surface area (TPSA) is 84.0 Å². The van der Waals surface area contributed by atoms with Crippen LogP contribution in [0.3, 0.4) is 0 Å². The first-order chi connectivity index (χ1) is 16.3. The number of amides is 3. The van der Waals surface area contributed by atoms with Crippen molar-refractivity contribution in [3.05, 3.63) is 107 Å². The third-order valence-electron chi connectivity index (χ3n) is 5.70. The van der Waals surface area contributed by atoms with Crippen molar-refractivity contribution < 1.29 is 23.9 Å². The first-order valence-corrected chi connectivity index (χ1v) is 10.9. The molecule has 0 saturated carbocycles. The highest BCUT2D eigenvalue weighted by molar-refractivity contribution is 6.21. The molecule has 3 amide bonds. The van der Waals surface area contributed by atoms with E-state index in [1.165, 1.54) is 32.2 Å². The highest BCUT2D eigenvalue weighted by Gasteiger charge is 2.34. The second-order valence-electron chi connectivity index (χ2n) is 8.14. The summed E-state index contributed by atoms with van der Waals surface area (Å²) in [4.78, 5) is 53.0. The van der Waals surface area contributed by atoms with Gasteiger partial charge in [0.05, 0.1) is 16.7 Å². The zero-order valence-electron chi connectivity index (χ0n) is 18.9. The van der Waals surface area contributed by atoms with Gasteiger partial charge in [0.15, 0.2) is 6.10 Å². The van der Waals surface area contributed by atoms with Crippen LogP contribution in [0.1, 0.15) is 49.1 Å². The van der Waals surface area contributed by atoms with Gasteiger partial charge in [-0.05, 0) is 36.2 Å². The van der Waals surface area contributed by atoms with Crippen LogP contribution in [-0.2, 0) is 22.6 Å². The van der Waals surface area contributed by atoms with Gasteiger partial charge in [0.2, 0.25) is 0 Å². The lowest BCUT2D eigenvalue weighted by Gasteiger charge is -2.26. The van der Waals surface area contributed by atoms with Crippen LogP contribution in [0.5, 0.6) is 0 Å². The predicted octanol–water partition coefficient (Wildman–Crippen LogP) is 3.69. The Hall–Kier alpha value is -4.26. The van der Waals surface area contributed by atoms with E-state index in [1.54, 1.807) is 4.90 Å². The molecule has 1 atom stereocenters. The quantitative estimate of drug-likeness (QED) is 0.400. The van der Waals surface area contributed by atoms with E-state index < -0.39 is 23.9 Å². The Morgan fingerprint density at radius 2 is 1.35 bits per heavy atom. The summed E-state index contributed by atoms with van der Waals surface area (Å²) in [6.45, 7) is 2.25. The Morgan fingerprint density at radius 1 is 0.824 bits per heavy atom. The summed E-state index contributed by atoms with van der Waals surface area (Å²) < 4.78 is 5.46. The largest absolute Gasteiger partial charge is 0.449 e. The monoisotopic (exact) mass is 456 g/mol. The molecule has 0 N–H and O–H groups in total. The Morgan fingerprint density at radius 3 is 1.91 bits per heavy atom. The van der Waals surface area contributed by atoms with Crippen molar-refractivity contribution in [2.45, 2.75) is 26.1 Å². The molecule has 1 heterocycles. The van der Waals surface area contributed by atoms with Crippen LogP contribution < -0.4 is 0 Å². The first-order valence-electron chi connectivity index (χ1n) is 10.9. The van der Waals surface area contributed by atoms with Crippen molar-refractivity contribution in [1.29, 1.82) is 0 Å². The maximum atomic E-state index is 13.3. The second-order valence-corrected chi connectivity index (χ2v) is 8.14. The van der Waals surface area contributed by atoms with Crippen molar-refractivity contribution >= 4 is 23.7 Å². The summed E-state index contributed by atoms with van der Waals surface area (Å²) in [6, 6.07) is 23.4. The molecule has 0 radical (unpaired) electrons. The first kappa shape index (κ1) is 22.9. The average molecular weight is 456 g/mol. The Balaban J connectivity index is 1.50. The number of esters is 1. The summed E-state index contributed by atoms with van der Waals surface area (Å²) >= 11 is 0. The van der Waals surface area contributed by atoms with Gasteiger partial charge in [-0.15, -0.1) is 0 Å². The molecule has 7 nitrogen and oxygen atoms in total. The minimum Gasteiger partial charge on any atom is -0.449 e. The maximum absolute atomic E-state index is 13.3. The smallest absolute Gasteiger partial charge is 0.338 e. The highest BCUT2D eigenvalue weighted by atomic mass is 16.5. The molecule has 0 aliphatic carbocycles. The van der Waals surface area contributed by atoms with E-state index >= 15 is 0 Å². The Labute approximate surface area is 197 Å². The molecule has 1 aliphatic heterocycles. The number of rotatable bonds is 7. The van der Waals surface area contributed by atoms with Crippen molar-refractivity contribution in [3.63, 3.8) is 0 Å². The minimum atomic E-state index is -1.05. The Kier molecular flexibility index (Phi) is 6.54. The van der Waals surface area contributed by atoms with Crippen LogP contribution in [0.25, 0.3) is 0 Å². The lowest BCUT2D eigenvalue weighted by Crippen LogP contribution is -2.39. The number of benzene rings is 3. The van der Waals surface area contributed by atoms with Gasteiger partial charge in [0.25, 0.3) is 17.7 Å². The lowest BCUT2D eigenvalue weighted by atomic mass is 10.1. The van der Waals surface area contributed by atoms with Crippen LogP contribution >= 0.6 is 0 Å². The molecule has 7 heteroatoms. The number of hydrogen-bond acceptors (Lipinski definition) is 5. The van der Waals surface area contributed by atoms with Gasteiger partial charge in [-0.3, -0.25) is 19.3 Å². The van der Waals surface area contributed by atoms with Gasteiger partial charge in [-0.2, -0.15) is 0 Å². The molecule has 4 rings (SSSR count). The standard InChI is InChI=1S/C27H24N2O5/c1-18(34-27(33)21-13-14-22-23(15-21)26(32)28(2)25(22)31)24(30)29(16-19-9-5-3-6-10-19)17-20-11-7-4-8-12-20/h3-15,18H,16-17H2,1-2H3. The molecular weight excluding hydrogens is 432 g/mol. The van der Waals surface area contributed by atoms with Crippen molar-refractivity contribution in [1.82, 2.24) is 9.80 Å². The van der Waals surface area contributed by atoms with Crippen LogP contribution in [0.2, 0.25) is 0 Å². The van der Waals surface area contributed by atoms with E-state index in [1.807, 2.05) is 60.7 Å². The van der Waals surface area contributed by atoms with Crippen molar-refractivity contribution in [2.75, 3.05) is 7.05 Å². The third kappa shape index (κ3) is 4.73. The number of imide groups is 1. The number of carbonyl (C=O) groups excluding carboxylic acids is 4. The lowest BCUT2D eigenvalue weighted by molar-refractivity contribution is -0.141. The number of hydrogen-bond donors (Lipinski definition) is 0.